The summed E-state index contributed by atoms with van der Waals surface area (Å²) in [4.78, 5) is 0.0148. The van der Waals surface area contributed by atoms with E-state index in [0.717, 1.165) is 22.6 Å². The van der Waals surface area contributed by atoms with E-state index in [2.05, 4.69) is 0 Å². The van der Waals surface area contributed by atoms with Gasteiger partial charge >= 0.3 is 0 Å². The first kappa shape index (κ1) is 22.8. The van der Waals surface area contributed by atoms with Crippen molar-refractivity contribution in [2.45, 2.75) is 17.4 Å². The van der Waals surface area contributed by atoms with Crippen LogP contribution in [0.25, 0.3) is 0 Å². The SMILES string of the molecule is NS(=O)(=O)c1ccc(N2N=C(c3ccc(Oc4ccccc4)cc3)CC2c2cccc(F)c2)cc1. The van der Waals surface area contributed by atoms with Crippen molar-refractivity contribution in [2.24, 2.45) is 10.2 Å². The van der Waals surface area contributed by atoms with Crippen molar-refractivity contribution in [3.8, 4) is 11.5 Å². The van der Waals surface area contributed by atoms with Gasteiger partial charge < -0.3 is 4.74 Å². The van der Waals surface area contributed by atoms with Crippen LogP contribution < -0.4 is 14.9 Å². The van der Waals surface area contributed by atoms with Crippen LogP contribution in [0.3, 0.4) is 0 Å². The van der Waals surface area contributed by atoms with Gasteiger partial charge in [-0.25, -0.2) is 17.9 Å². The average molecular weight is 488 g/mol. The largest absolute Gasteiger partial charge is 0.457 e. The van der Waals surface area contributed by atoms with Crippen LogP contribution in [-0.4, -0.2) is 14.1 Å². The van der Waals surface area contributed by atoms with E-state index in [1.165, 1.54) is 24.3 Å². The Morgan fingerprint density at radius 2 is 1.54 bits per heavy atom. The minimum absolute atomic E-state index is 0.0148. The highest BCUT2D eigenvalue weighted by Gasteiger charge is 2.30. The second-order valence-corrected chi connectivity index (χ2v) is 9.71. The Morgan fingerprint density at radius 3 is 2.20 bits per heavy atom. The number of anilines is 1. The number of para-hydroxylation sites is 1. The number of sulfonamides is 1. The van der Waals surface area contributed by atoms with Crippen LogP contribution in [0, 0.1) is 5.82 Å². The second kappa shape index (κ2) is 9.32. The van der Waals surface area contributed by atoms with E-state index in [0.29, 0.717) is 17.9 Å². The minimum Gasteiger partial charge on any atom is -0.457 e. The lowest BCUT2D eigenvalue weighted by Gasteiger charge is -2.24. The summed E-state index contributed by atoms with van der Waals surface area (Å²) in [6.07, 6.45) is 0.541. The fourth-order valence-corrected chi connectivity index (χ4v) is 4.54. The van der Waals surface area contributed by atoms with Crippen LogP contribution in [0.15, 0.2) is 113 Å². The van der Waals surface area contributed by atoms with Crippen molar-refractivity contribution >= 4 is 21.4 Å². The summed E-state index contributed by atoms with van der Waals surface area (Å²) in [5, 5.41) is 11.8. The molecule has 35 heavy (non-hydrogen) atoms. The van der Waals surface area contributed by atoms with Gasteiger partial charge in [0.2, 0.25) is 10.0 Å². The van der Waals surface area contributed by atoms with Crippen LogP contribution in [0.2, 0.25) is 0 Å². The Balaban J connectivity index is 1.46. The normalized spacial score (nSPS) is 15.7. The molecule has 5 rings (SSSR count). The second-order valence-electron chi connectivity index (χ2n) is 8.14. The summed E-state index contributed by atoms with van der Waals surface area (Å²) in [5.74, 6) is 1.12. The first-order valence-electron chi connectivity index (χ1n) is 11.0. The van der Waals surface area contributed by atoms with Crippen molar-refractivity contribution < 1.29 is 17.5 Å². The summed E-state index contributed by atoms with van der Waals surface area (Å²) in [7, 11) is -3.81. The molecule has 1 heterocycles. The number of ether oxygens (including phenoxy) is 1. The van der Waals surface area contributed by atoms with Crippen molar-refractivity contribution in [1.29, 1.82) is 0 Å². The van der Waals surface area contributed by atoms with Gasteiger partial charge in [0.05, 0.1) is 22.3 Å². The Kier molecular flexibility index (Phi) is 6.07. The summed E-state index contributed by atoms with van der Waals surface area (Å²) < 4.78 is 43.2. The number of rotatable bonds is 6. The van der Waals surface area contributed by atoms with E-state index >= 15 is 0 Å². The van der Waals surface area contributed by atoms with E-state index in [4.69, 9.17) is 15.0 Å². The topological polar surface area (TPSA) is 85.0 Å². The maximum Gasteiger partial charge on any atom is 0.238 e. The molecule has 4 aromatic rings. The summed E-state index contributed by atoms with van der Waals surface area (Å²) >= 11 is 0. The fourth-order valence-electron chi connectivity index (χ4n) is 4.02. The summed E-state index contributed by atoms with van der Waals surface area (Å²) in [6.45, 7) is 0. The molecule has 0 bridgehead atoms. The Hall–Kier alpha value is -4.01. The molecule has 0 spiro atoms. The van der Waals surface area contributed by atoms with Crippen LogP contribution in [0.5, 0.6) is 11.5 Å². The van der Waals surface area contributed by atoms with Crippen LogP contribution in [0.1, 0.15) is 23.6 Å². The number of nitrogens with two attached hydrogens (primary N) is 1. The Bertz CT molecular complexity index is 1470. The molecule has 1 unspecified atom stereocenters. The van der Waals surface area contributed by atoms with Gasteiger partial charge in [-0.05, 0) is 83.9 Å². The van der Waals surface area contributed by atoms with E-state index in [9.17, 15) is 12.8 Å². The van der Waals surface area contributed by atoms with Gasteiger partial charge in [-0.2, -0.15) is 5.10 Å². The lowest BCUT2D eigenvalue weighted by Crippen LogP contribution is -2.19. The molecule has 0 saturated heterocycles. The molecule has 0 aromatic heterocycles. The van der Waals surface area contributed by atoms with Crippen molar-refractivity contribution in [1.82, 2.24) is 0 Å². The third-order valence-corrected chi connectivity index (χ3v) is 6.67. The number of hydrogen-bond acceptors (Lipinski definition) is 5. The van der Waals surface area contributed by atoms with Gasteiger partial charge in [0.1, 0.15) is 17.3 Å². The molecule has 0 fully saturated rings. The monoisotopic (exact) mass is 487 g/mol. The molecule has 1 aliphatic rings. The highest BCUT2D eigenvalue weighted by atomic mass is 32.2. The Morgan fingerprint density at radius 1 is 0.857 bits per heavy atom. The highest BCUT2D eigenvalue weighted by Crippen LogP contribution is 2.37. The van der Waals surface area contributed by atoms with Crippen LogP contribution >= 0.6 is 0 Å². The van der Waals surface area contributed by atoms with Crippen molar-refractivity contribution in [3.63, 3.8) is 0 Å². The quantitative estimate of drug-likeness (QED) is 0.382. The molecule has 0 amide bonds. The highest BCUT2D eigenvalue weighted by molar-refractivity contribution is 7.89. The zero-order valence-corrected chi connectivity index (χ0v) is 19.4. The lowest BCUT2D eigenvalue weighted by atomic mass is 9.98. The smallest absolute Gasteiger partial charge is 0.238 e. The van der Waals surface area contributed by atoms with Gasteiger partial charge in [0, 0.05) is 6.42 Å². The molecule has 1 atom stereocenters. The predicted octanol–water partition coefficient (Wildman–Crippen LogP) is 5.62. The number of hydrogen-bond donors (Lipinski definition) is 1. The summed E-state index contributed by atoms with van der Waals surface area (Å²) in [6, 6.07) is 29.5. The van der Waals surface area contributed by atoms with Crippen LogP contribution in [0.4, 0.5) is 10.1 Å². The lowest BCUT2D eigenvalue weighted by molar-refractivity contribution is 0.482. The standard InChI is InChI=1S/C27H22FN3O3S/c28-21-6-4-5-20(17-21)27-18-26(30-31(27)22-11-15-25(16-12-22)35(29,32)33)19-9-13-24(14-10-19)34-23-7-2-1-3-8-23/h1-17,27H,18H2,(H2,29,32,33). The van der Waals surface area contributed by atoms with Crippen molar-refractivity contribution in [2.75, 3.05) is 5.01 Å². The van der Waals surface area contributed by atoms with E-state index < -0.39 is 10.0 Å². The number of benzene rings is 4. The average Bonchev–Trinajstić information content (AvgIpc) is 3.30. The van der Waals surface area contributed by atoms with Gasteiger partial charge in [-0.1, -0.05) is 30.3 Å². The number of primary sulfonamides is 1. The molecule has 0 aliphatic carbocycles. The zero-order chi connectivity index (χ0) is 24.4. The molecule has 2 N–H and O–H groups in total. The molecule has 176 valence electrons. The fraction of sp³-hybridized carbons (Fsp3) is 0.0741. The van der Waals surface area contributed by atoms with Gasteiger partial charge in [0.15, 0.2) is 0 Å². The molecule has 4 aromatic carbocycles. The summed E-state index contributed by atoms with van der Waals surface area (Å²) in [5.41, 5.74) is 3.17. The first-order valence-corrected chi connectivity index (χ1v) is 12.5. The zero-order valence-electron chi connectivity index (χ0n) is 18.6. The maximum atomic E-state index is 14.0. The number of nitrogens with zero attached hydrogens (tertiary/aromatic N) is 2. The first-order chi connectivity index (χ1) is 16.9. The molecule has 0 radical (unpaired) electrons. The third-order valence-electron chi connectivity index (χ3n) is 5.74. The third kappa shape index (κ3) is 5.08. The number of hydrazone groups is 1. The molecule has 1 aliphatic heterocycles. The Labute approximate surface area is 203 Å². The van der Waals surface area contributed by atoms with Crippen molar-refractivity contribution in [3.05, 3.63) is 120 Å². The van der Waals surface area contributed by atoms with E-state index in [1.54, 1.807) is 23.2 Å². The molecule has 6 nitrogen and oxygen atoms in total. The maximum absolute atomic E-state index is 14.0. The van der Waals surface area contributed by atoms with Crippen LogP contribution in [-0.2, 0) is 10.0 Å². The molecular formula is C27H22FN3O3S. The van der Waals surface area contributed by atoms with Gasteiger partial charge in [-0.15, -0.1) is 0 Å². The molecule has 0 saturated carbocycles. The predicted molar refractivity (Wildman–Crippen MR) is 134 cm³/mol. The van der Waals surface area contributed by atoms with E-state index in [-0.39, 0.29) is 16.8 Å². The number of halogens is 1. The van der Waals surface area contributed by atoms with Gasteiger partial charge in [0.25, 0.3) is 0 Å². The minimum atomic E-state index is -3.81. The van der Waals surface area contributed by atoms with Gasteiger partial charge in [-0.3, -0.25) is 5.01 Å². The van der Waals surface area contributed by atoms with E-state index in [1.807, 2.05) is 60.7 Å². The molecule has 8 heteroatoms. The molecular weight excluding hydrogens is 465 g/mol.